The van der Waals surface area contributed by atoms with Gasteiger partial charge in [0.2, 0.25) is 5.91 Å². The van der Waals surface area contributed by atoms with Crippen LogP contribution in [-0.4, -0.2) is 35.0 Å². The van der Waals surface area contributed by atoms with Gasteiger partial charge in [0, 0.05) is 13.0 Å². The van der Waals surface area contributed by atoms with Gasteiger partial charge in [0.25, 0.3) is 0 Å². The Kier molecular flexibility index (Phi) is 4.55. The summed E-state index contributed by atoms with van der Waals surface area (Å²) in [5.74, 6) is -0.480. The molecule has 1 fully saturated rings. The zero-order chi connectivity index (χ0) is 13.7. The topological polar surface area (TPSA) is 57.6 Å². The van der Waals surface area contributed by atoms with Crippen molar-refractivity contribution in [3.8, 4) is 0 Å². The molecule has 4 nitrogen and oxygen atoms in total. The number of hydrogen-bond donors (Lipinski definition) is 1. The highest BCUT2D eigenvalue weighted by atomic mass is 16.4. The van der Waals surface area contributed by atoms with Crippen LogP contribution in [0.15, 0.2) is 30.3 Å². The molecule has 4 heteroatoms. The van der Waals surface area contributed by atoms with E-state index in [1.807, 2.05) is 30.3 Å². The van der Waals surface area contributed by atoms with E-state index in [0.29, 0.717) is 25.3 Å². The predicted molar refractivity (Wildman–Crippen MR) is 71.7 cm³/mol. The molecule has 0 saturated heterocycles. The number of carbonyl (C=O) groups is 2. The first-order chi connectivity index (χ1) is 9.15. The number of aryl methyl sites for hydroxylation is 1. The molecule has 1 aromatic rings. The maximum Gasteiger partial charge on any atom is 0.323 e. The first kappa shape index (κ1) is 13.6. The summed E-state index contributed by atoms with van der Waals surface area (Å²) in [5, 5.41) is 8.86. The van der Waals surface area contributed by atoms with Gasteiger partial charge in [0.1, 0.15) is 6.54 Å². The number of carboxylic acid groups (broad SMARTS) is 1. The monoisotopic (exact) mass is 261 g/mol. The van der Waals surface area contributed by atoms with Gasteiger partial charge in [0.15, 0.2) is 0 Å². The van der Waals surface area contributed by atoms with Crippen molar-refractivity contribution in [1.29, 1.82) is 0 Å². The van der Waals surface area contributed by atoms with E-state index in [0.717, 1.165) is 18.4 Å². The number of carboxylic acids is 1. The van der Waals surface area contributed by atoms with E-state index in [4.69, 9.17) is 5.11 Å². The minimum Gasteiger partial charge on any atom is -0.480 e. The molecule has 1 aromatic carbocycles. The molecule has 0 spiro atoms. The average molecular weight is 261 g/mol. The summed E-state index contributed by atoms with van der Waals surface area (Å²) in [6.07, 6.45) is 3.27. The maximum atomic E-state index is 12.1. The minimum atomic E-state index is -0.936. The van der Waals surface area contributed by atoms with Crippen molar-refractivity contribution in [2.45, 2.75) is 25.7 Å². The van der Waals surface area contributed by atoms with Gasteiger partial charge in [-0.15, -0.1) is 0 Å². The van der Waals surface area contributed by atoms with Crippen LogP contribution in [0.2, 0.25) is 0 Å². The van der Waals surface area contributed by atoms with Crippen LogP contribution in [0.1, 0.15) is 24.8 Å². The molecule has 102 valence electrons. The Bertz CT molecular complexity index is 440. The lowest BCUT2D eigenvalue weighted by atomic mass is 10.1. The van der Waals surface area contributed by atoms with E-state index in [1.165, 1.54) is 4.90 Å². The molecule has 0 unspecified atom stereocenters. The Labute approximate surface area is 113 Å². The number of amides is 1. The first-order valence-electron chi connectivity index (χ1n) is 6.68. The van der Waals surface area contributed by atoms with Crippen molar-refractivity contribution in [1.82, 2.24) is 4.90 Å². The molecule has 1 aliphatic rings. The third kappa shape index (κ3) is 4.73. The number of hydrogen-bond acceptors (Lipinski definition) is 2. The van der Waals surface area contributed by atoms with E-state index < -0.39 is 5.97 Å². The maximum absolute atomic E-state index is 12.1. The third-order valence-electron chi connectivity index (χ3n) is 3.32. The molecular formula is C15H19NO3. The fourth-order valence-electron chi connectivity index (χ4n) is 2.08. The summed E-state index contributed by atoms with van der Waals surface area (Å²) in [7, 11) is 0. The van der Waals surface area contributed by atoms with Crippen LogP contribution in [0.25, 0.3) is 0 Å². The van der Waals surface area contributed by atoms with Crippen LogP contribution in [0.3, 0.4) is 0 Å². The summed E-state index contributed by atoms with van der Waals surface area (Å²) >= 11 is 0. The standard InChI is InChI=1S/C15H19NO3/c17-14(9-8-12-4-2-1-3-5-12)16(11-15(18)19)10-13-6-7-13/h1-5,13H,6-11H2,(H,18,19). The van der Waals surface area contributed by atoms with Gasteiger partial charge in [-0.1, -0.05) is 30.3 Å². The molecule has 1 N–H and O–H groups in total. The number of benzene rings is 1. The van der Waals surface area contributed by atoms with E-state index >= 15 is 0 Å². The predicted octanol–water partition coefficient (Wildman–Crippen LogP) is 1.94. The van der Waals surface area contributed by atoms with Crippen LogP contribution >= 0.6 is 0 Å². The fourth-order valence-corrected chi connectivity index (χ4v) is 2.08. The lowest BCUT2D eigenvalue weighted by molar-refractivity contribution is -0.144. The summed E-state index contributed by atoms with van der Waals surface area (Å²) in [5.41, 5.74) is 1.11. The van der Waals surface area contributed by atoms with Gasteiger partial charge < -0.3 is 10.0 Å². The Morgan fingerprint density at radius 3 is 2.47 bits per heavy atom. The smallest absolute Gasteiger partial charge is 0.323 e. The largest absolute Gasteiger partial charge is 0.480 e. The molecule has 2 rings (SSSR count). The van der Waals surface area contributed by atoms with E-state index in [2.05, 4.69) is 0 Å². The first-order valence-corrected chi connectivity index (χ1v) is 6.68. The van der Waals surface area contributed by atoms with Gasteiger partial charge in [-0.25, -0.2) is 0 Å². The molecule has 0 radical (unpaired) electrons. The minimum absolute atomic E-state index is 0.0573. The Balaban J connectivity index is 1.85. The van der Waals surface area contributed by atoms with Crippen molar-refractivity contribution in [2.75, 3.05) is 13.1 Å². The van der Waals surface area contributed by atoms with Crippen molar-refractivity contribution in [3.63, 3.8) is 0 Å². The van der Waals surface area contributed by atoms with Crippen LogP contribution in [0, 0.1) is 5.92 Å². The highest BCUT2D eigenvalue weighted by Gasteiger charge is 2.27. The molecule has 0 aliphatic heterocycles. The van der Waals surface area contributed by atoms with E-state index in [9.17, 15) is 9.59 Å². The summed E-state index contributed by atoms with van der Waals surface area (Å²) in [6.45, 7) is 0.421. The molecular weight excluding hydrogens is 242 g/mol. The molecule has 19 heavy (non-hydrogen) atoms. The van der Waals surface area contributed by atoms with Gasteiger partial charge in [0.05, 0.1) is 0 Å². The molecule has 0 heterocycles. The lowest BCUT2D eigenvalue weighted by Crippen LogP contribution is -2.37. The number of aliphatic carboxylic acids is 1. The Morgan fingerprint density at radius 2 is 1.89 bits per heavy atom. The lowest BCUT2D eigenvalue weighted by Gasteiger charge is -2.20. The highest BCUT2D eigenvalue weighted by Crippen LogP contribution is 2.29. The summed E-state index contributed by atoms with van der Waals surface area (Å²) in [6, 6.07) is 9.79. The molecule has 1 saturated carbocycles. The second kappa shape index (κ2) is 6.36. The molecule has 1 amide bonds. The van der Waals surface area contributed by atoms with Gasteiger partial charge in [-0.3, -0.25) is 9.59 Å². The van der Waals surface area contributed by atoms with Crippen molar-refractivity contribution in [2.24, 2.45) is 5.92 Å². The van der Waals surface area contributed by atoms with Gasteiger partial charge >= 0.3 is 5.97 Å². The average Bonchev–Trinajstić information content (AvgIpc) is 3.20. The van der Waals surface area contributed by atoms with E-state index in [-0.39, 0.29) is 12.5 Å². The normalized spacial score (nSPS) is 14.1. The number of nitrogens with zero attached hydrogens (tertiary/aromatic N) is 1. The molecule has 0 atom stereocenters. The summed E-state index contributed by atoms with van der Waals surface area (Å²) < 4.78 is 0. The van der Waals surface area contributed by atoms with Gasteiger partial charge in [-0.2, -0.15) is 0 Å². The number of rotatable bonds is 7. The van der Waals surface area contributed by atoms with Crippen LogP contribution in [0.5, 0.6) is 0 Å². The zero-order valence-corrected chi connectivity index (χ0v) is 10.9. The fraction of sp³-hybridized carbons (Fsp3) is 0.467. The van der Waals surface area contributed by atoms with Crippen molar-refractivity contribution >= 4 is 11.9 Å². The second-order valence-corrected chi connectivity index (χ2v) is 5.10. The van der Waals surface area contributed by atoms with Crippen LogP contribution < -0.4 is 0 Å². The Hall–Kier alpha value is -1.84. The Morgan fingerprint density at radius 1 is 1.21 bits per heavy atom. The van der Waals surface area contributed by atoms with Crippen LogP contribution in [0.4, 0.5) is 0 Å². The highest BCUT2D eigenvalue weighted by molar-refractivity contribution is 5.81. The molecule has 0 aromatic heterocycles. The second-order valence-electron chi connectivity index (χ2n) is 5.10. The zero-order valence-electron chi connectivity index (χ0n) is 10.9. The number of carbonyl (C=O) groups excluding carboxylic acids is 1. The van der Waals surface area contributed by atoms with Gasteiger partial charge in [-0.05, 0) is 30.7 Å². The SMILES string of the molecule is O=C(O)CN(CC1CC1)C(=O)CCc1ccccc1. The quantitative estimate of drug-likeness (QED) is 0.816. The molecule has 1 aliphatic carbocycles. The van der Waals surface area contributed by atoms with E-state index in [1.54, 1.807) is 0 Å². The van der Waals surface area contributed by atoms with Crippen LogP contribution in [-0.2, 0) is 16.0 Å². The summed E-state index contributed by atoms with van der Waals surface area (Å²) in [4.78, 5) is 24.4. The third-order valence-corrected chi connectivity index (χ3v) is 3.32. The van der Waals surface area contributed by atoms with Crippen molar-refractivity contribution < 1.29 is 14.7 Å². The van der Waals surface area contributed by atoms with Crippen molar-refractivity contribution in [3.05, 3.63) is 35.9 Å². The molecule has 0 bridgehead atoms.